The zero-order valence-electron chi connectivity index (χ0n) is 4.86. The van der Waals surface area contributed by atoms with Crippen molar-refractivity contribution < 1.29 is 24.6 Å². The van der Waals surface area contributed by atoms with E-state index in [1.807, 2.05) is 0 Å². The summed E-state index contributed by atoms with van der Waals surface area (Å²) in [6.07, 6.45) is 0.491. The quantitative estimate of drug-likeness (QED) is 0.586. The fourth-order valence-corrected chi connectivity index (χ4v) is 2.48. The zero-order valence-corrected chi connectivity index (χ0v) is 6.49. The minimum Gasteiger partial charge on any atom is -0.194 e. The Morgan fingerprint density at radius 3 is 1.73 bits per heavy atom. The highest BCUT2D eigenvalue weighted by Gasteiger charge is 2.45. The average Bonchev–Trinajstić information content (AvgIpc) is 2.30. The molecule has 0 radical (unpaired) electrons. The molecule has 1 aliphatic rings. The Hall–Kier alpha value is -0.500. The van der Waals surface area contributed by atoms with E-state index in [0.29, 0.717) is 6.08 Å². The molecule has 4 nitrogen and oxygen atoms in total. The molecule has 8 heteroatoms. The summed E-state index contributed by atoms with van der Waals surface area (Å²) in [7, 11) is -9.99. The van der Waals surface area contributed by atoms with Crippen molar-refractivity contribution in [1.29, 1.82) is 0 Å². The van der Waals surface area contributed by atoms with Crippen molar-refractivity contribution in [3.05, 3.63) is 11.0 Å². The van der Waals surface area contributed by atoms with Crippen molar-refractivity contribution in [3.8, 4) is 0 Å². The van der Waals surface area contributed by atoms with Gasteiger partial charge >= 0.3 is 20.4 Å². The highest BCUT2D eigenvalue weighted by molar-refractivity contribution is 7.94. The van der Waals surface area contributed by atoms with Gasteiger partial charge in [-0.25, -0.2) is 0 Å². The average molecular weight is 204 g/mol. The maximum atomic E-state index is 11.8. The Balaban J connectivity index is 2.88. The van der Waals surface area contributed by atoms with Crippen LogP contribution in [0.1, 0.15) is 0 Å². The Bertz CT molecular complexity index is 403. The number of halogens is 2. The molecule has 0 amide bonds. The molecular weight excluding hydrogens is 202 g/mol. The number of hydrogen-bond donors (Lipinski definition) is 0. The van der Waals surface area contributed by atoms with Crippen LogP contribution in [0.4, 0.5) is 7.77 Å². The van der Waals surface area contributed by atoms with Gasteiger partial charge in [-0.15, -0.1) is 7.77 Å². The minimum absolute atomic E-state index is 0.491. The van der Waals surface area contributed by atoms with Gasteiger partial charge in [0.15, 0.2) is 0 Å². The highest BCUT2D eigenvalue weighted by atomic mass is 32.3. The van der Waals surface area contributed by atoms with Gasteiger partial charge in [-0.05, 0) is 6.08 Å². The zero-order chi connectivity index (χ0) is 8.86. The molecule has 0 aromatic rings. The summed E-state index contributed by atoms with van der Waals surface area (Å²) in [6, 6.07) is 0. The smallest absolute Gasteiger partial charge is 0.194 e. The monoisotopic (exact) mass is 204 g/mol. The maximum Gasteiger partial charge on any atom is 0.329 e. The van der Waals surface area contributed by atoms with Crippen LogP contribution in [0.2, 0.25) is 0 Å². The first kappa shape index (κ1) is 8.60. The van der Waals surface area contributed by atoms with Crippen molar-refractivity contribution in [2.24, 2.45) is 0 Å². The fourth-order valence-electron chi connectivity index (χ4n) is 0.541. The van der Waals surface area contributed by atoms with E-state index in [4.69, 9.17) is 0 Å². The lowest BCUT2D eigenvalue weighted by molar-refractivity contribution is 0.547. The van der Waals surface area contributed by atoms with Crippen LogP contribution in [-0.2, 0) is 20.4 Å². The van der Waals surface area contributed by atoms with Crippen LogP contribution in [0, 0.1) is 0 Å². The predicted molar refractivity (Wildman–Crippen MR) is 31.9 cm³/mol. The fraction of sp³-hybridized carbons (Fsp3) is 0.333. The van der Waals surface area contributed by atoms with Crippen molar-refractivity contribution in [1.82, 2.24) is 0 Å². The van der Waals surface area contributed by atoms with Gasteiger partial charge in [0.1, 0.15) is 5.25 Å². The molecule has 64 valence electrons. The molecule has 0 bridgehead atoms. The lowest BCUT2D eigenvalue weighted by atomic mass is 10.9. The maximum absolute atomic E-state index is 11.8. The Kier molecular flexibility index (Phi) is 1.57. The van der Waals surface area contributed by atoms with Crippen LogP contribution in [0.3, 0.4) is 0 Å². The normalized spacial score (nSPS) is 24.5. The summed E-state index contributed by atoms with van der Waals surface area (Å²) in [5.74, 6) is 0. The second-order valence-electron chi connectivity index (χ2n) is 1.90. The summed E-state index contributed by atoms with van der Waals surface area (Å²) in [5.41, 5.74) is 0. The first-order chi connectivity index (χ1) is 4.73. The lowest BCUT2D eigenvalue weighted by Crippen LogP contribution is -2.05. The third-order valence-electron chi connectivity index (χ3n) is 1.07. The topological polar surface area (TPSA) is 68.3 Å². The van der Waals surface area contributed by atoms with E-state index < -0.39 is 30.6 Å². The number of rotatable bonds is 2. The summed E-state index contributed by atoms with van der Waals surface area (Å²) >= 11 is 0. The molecule has 11 heavy (non-hydrogen) atoms. The van der Waals surface area contributed by atoms with Gasteiger partial charge in [-0.2, -0.15) is 16.8 Å². The first-order valence-corrected chi connectivity index (χ1v) is 5.16. The van der Waals surface area contributed by atoms with Gasteiger partial charge in [0.25, 0.3) is 0 Å². The molecule has 0 fully saturated rings. The van der Waals surface area contributed by atoms with Crippen molar-refractivity contribution >= 4 is 20.4 Å². The van der Waals surface area contributed by atoms with Crippen LogP contribution >= 0.6 is 0 Å². The van der Waals surface area contributed by atoms with E-state index >= 15 is 0 Å². The van der Waals surface area contributed by atoms with Gasteiger partial charge < -0.3 is 0 Å². The van der Waals surface area contributed by atoms with Crippen LogP contribution in [0.5, 0.6) is 0 Å². The molecule has 0 heterocycles. The predicted octanol–water partition coefficient (Wildman–Crippen LogP) is -0.149. The van der Waals surface area contributed by atoms with E-state index in [2.05, 4.69) is 0 Å². The molecule has 0 spiro atoms. The van der Waals surface area contributed by atoms with Crippen molar-refractivity contribution in [2.45, 2.75) is 5.25 Å². The second-order valence-corrected chi connectivity index (χ2v) is 4.71. The summed E-state index contributed by atoms with van der Waals surface area (Å²) in [5, 5.41) is -1.89. The summed E-state index contributed by atoms with van der Waals surface area (Å²) in [4.78, 5) is -1.01. The molecule has 1 unspecified atom stereocenters. The van der Waals surface area contributed by atoms with E-state index in [0.717, 1.165) is 0 Å². The largest absolute Gasteiger partial charge is 0.329 e. The Morgan fingerprint density at radius 2 is 1.64 bits per heavy atom. The minimum atomic E-state index is -5.02. The van der Waals surface area contributed by atoms with Gasteiger partial charge in [0.05, 0.1) is 4.91 Å². The van der Waals surface area contributed by atoms with Gasteiger partial charge in [0.2, 0.25) is 0 Å². The van der Waals surface area contributed by atoms with Gasteiger partial charge in [0, 0.05) is 0 Å². The molecule has 1 rings (SSSR count). The summed E-state index contributed by atoms with van der Waals surface area (Å²) in [6.45, 7) is 0. The molecule has 0 aliphatic heterocycles. The van der Waals surface area contributed by atoms with Crippen LogP contribution in [0.25, 0.3) is 0 Å². The second kappa shape index (κ2) is 2.01. The van der Waals surface area contributed by atoms with E-state index in [1.54, 1.807) is 0 Å². The van der Waals surface area contributed by atoms with Crippen molar-refractivity contribution in [3.63, 3.8) is 0 Å². The SMILES string of the molecule is O=S(=O)(F)C1=CC1S(=O)(=O)F. The first-order valence-electron chi connectivity index (χ1n) is 2.33. The van der Waals surface area contributed by atoms with Crippen molar-refractivity contribution in [2.75, 3.05) is 0 Å². The lowest BCUT2D eigenvalue weighted by Gasteiger charge is -1.87. The van der Waals surface area contributed by atoms with Crippen LogP contribution < -0.4 is 0 Å². The third-order valence-corrected chi connectivity index (χ3v) is 3.17. The molecule has 1 aliphatic carbocycles. The van der Waals surface area contributed by atoms with E-state index in [-0.39, 0.29) is 0 Å². The third kappa shape index (κ3) is 1.74. The van der Waals surface area contributed by atoms with E-state index in [1.165, 1.54) is 0 Å². The molecule has 1 atom stereocenters. The molecule has 0 saturated heterocycles. The Labute approximate surface area is 61.9 Å². The molecule has 0 aromatic carbocycles. The standard InChI is InChI=1S/C3H2F2O4S2/c4-10(6,7)2-1-3(2)11(5,8)9/h1-2H. The van der Waals surface area contributed by atoms with E-state index in [9.17, 15) is 24.6 Å². The van der Waals surface area contributed by atoms with Crippen LogP contribution in [0.15, 0.2) is 11.0 Å². The Morgan fingerprint density at radius 1 is 1.18 bits per heavy atom. The summed E-state index contributed by atoms with van der Waals surface area (Å²) < 4.78 is 63.2. The number of hydrogen-bond acceptors (Lipinski definition) is 4. The molecular formula is C3H2F2O4S2. The van der Waals surface area contributed by atoms with Gasteiger partial charge in [-0.3, -0.25) is 0 Å². The highest BCUT2D eigenvalue weighted by Crippen LogP contribution is 2.34. The molecule has 0 N–H and O–H groups in total. The molecule has 0 aromatic heterocycles. The van der Waals surface area contributed by atoms with Gasteiger partial charge in [-0.1, -0.05) is 0 Å². The van der Waals surface area contributed by atoms with Crippen LogP contribution in [-0.4, -0.2) is 22.1 Å². The molecule has 0 saturated carbocycles.